The van der Waals surface area contributed by atoms with Gasteiger partial charge in [0.15, 0.2) is 0 Å². The van der Waals surface area contributed by atoms with Crippen molar-refractivity contribution < 1.29 is 24.3 Å². The average Bonchev–Trinajstić information content (AvgIpc) is 3.05. The van der Waals surface area contributed by atoms with E-state index in [1.165, 1.54) is 11.8 Å². The number of nitrogens with one attached hydrogen (secondary N) is 2. The number of hydrogen-bond donors (Lipinski definition) is 5. The number of nitrogens with zero attached hydrogens (tertiary/aromatic N) is 1. The van der Waals surface area contributed by atoms with Gasteiger partial charge in [0.1, 0.15) is 18.1 Å². The van der Waals surface area contributed by atoms with Crippen molar-refractivity contribution >= 4 is 36.3 Å². The van der Waals surface area contributed by atoms with Crippen molar-refractivity contribution in [2.75, 3.05) is 12.3 Å². The Balaban J connectivity index is 2.86. The van der Waals surface area contributed by atoms with E-state index >= 15 is 0 Å². The number of likely N-dealkylation sites (tertiary alicyclic amines) is 1. The molecule has 0 spiro atoms. The zero-order valence-corrected chi connectivity index (χ0v) is 16.2. The van der Waals surface area contributed by atoms with Crippen LogP contribution in [0.1, 0.15) is 33.6 Å². The number of nitrogens with two attached hydrogens (primary N) is 1. The van der Waals surface area contributed by atoms with Crippen molar-refractivity contribution in [1.29, 1.82) is 0 Å². The van der Waals surface area contributed by atoms with Crippen molar-refractivity contribution in [3.05, 3.63) is 0 Å². The highest BCUT2D eigenvalue weighted by atomic mass is 32.1. The van der Waals surface area contributed by atoms with E-state index in [1.807, 2.05) is 0 Å². The van der Waals surface area contributed by atoms with E-state index in [0.717, 1.165) is 0 Å². The third-order valence-electron chi connectivity index (χ3n) is 4.28. The number of rotatable bonds is 8. The van der Waals surface area contributed by atoms with Crippen LogP contribution in [0.15, 0.2) is 0 Å². The van der Waals surface area contributed by atoms with Gasteiger partial charge in [-0.1, -0.05) is 13.8 Å². The number of carboxylic acids is 1. The fourth-order valence-electron chi connectivity index (χ4n) is 2.73. The monoisotopic (exact) mass is 388 g/mol. The summed E-state index contributed by atoms with van der Waals surface area (Å²) >= 11 is 4.06. The van der Waals surface area contributed by atoms with Crippen LogP contribution in [0.25, 0.3) is 0 Å². The molecule has 0 aromatic heterocycles. The summed E-state index contributed by atoms with van der Waals surface area (Å²) in [5.74, 6) is -2.78. The largest absolute Gasteiger partial charge is 0.480 e. The highest BCUT2D eigenvalue weighted by molar-refractivity contribution is 7.80. The van der Waals surface area contributed by atoms with Crippen LogP contribution in [0.5, 0.6) is 0 Å². The molecule has 9 nitrogen and oxygen atoms in total. The fraction of sp³-hybridized carbons (Fsp3) is 0.750. The van der Waals surface area contributed by atoms with Crippen LogP contribution < -0.4 is 16.4 Å². The Morgan fingerprint density at radius 2 is 1.81 bits per heavy atom. The van der Waals surface area contributed by atoms with Gasteiger partial charge in [-0.25, -0.2) is 4.79 Å². The molecular formula is C16H28N4O5S. The van der Waals surface area contributed by atoms with Gasteiger partial charge in [-0.05, 0) is 25.7 Å². The molecule has 1 fully saturated rings. The summed E-state index contributed by atoms with van der Waals surface area (Å²) in [5, 5.41) is 14.4. The summed E-state index contributed by atoms with van der Waals surface area (Å²) in [6.45, 7) is 5.34. The van der Waals surface area contributed by atoms with Crippen LogP contribution in [0, 0.1) is 5.92 Å². The van der Waals surface area contributed by atoms with Crippen LogP contribution in [-0.2, 0) is 19.2 Å². The van der Waals surface area contributed by atoms with Crippen LogP contribution >= 0.6 is 12.6 Å². The summed E-state index contributed by atoms with van der Waals surface area (Å²) in [6.07, 6.45) is 0.995. The molecule has 1 rings (SSSR count). The quantitative estimate of drug-likeness (QED) is 0.336. The van der Waals surface area contributed by atoms with Crippen molar-refractivity contribution in [3.63, 3.8) is 0 Å². The Kier molecular flexibility index (Phi) is 8.35. The molecule has 5 N–H and O–H groups in total. The van der Waals surface area contributed by atoms with E-state index in [9.17, 15) is 24.3 Å². The second kappa shape index (κ2) is 9.77. The van der Waals surface area contributed by atoms with E-state index in [1.54, 1.807) is 13.8 Å². The third-order valence-corrected chi connectivity index (χ3v) is 4.65. The van der Waals surface area contributed by atoms with E-state index in [2.05, 4.69) is 23.3 Å². The molecule has 4 unspecified atom stereocenters. The SMILES string of the molecule is CC(N)C(=O)NC(CS)C(=O)NC(C(=O)N1CCCC1C(=O)O)C(C)C. The molecule has 1 aliphatic rings. The molecule has 0 bridgehead atoms. The molecule has 4 atom stereocenters. The summed E-state index contributed by atoms with van der Waals surface area (Å²) in [4.78, 5) is 49.6. The standard InChI is InChI=1S/C16H28N4O5S/c1-8(2)12(15(23)20-6-4-5-11(20)16(24)25)19-14(22)10(7-26)18-13(21)9(3)17/h8-12,26H,4-7,17H2,1-3H3,(H,18,21)(H,19,22)(H,24,25). The van der Waals surface area contributed by atoms with Gasteiger partial charge in [0, 0.05) is 12.3 Å². The number of hydrogen-bond acceptors (Lipinski definition) is 6. The lowest BCUT2D eigenvalue weighted by Gasteiger charge is -2.30. The maximum absolute atomic E-state index is 12.8. The number of carboxylic acid groups (broad SMARTS) is 1. The first-order chi connectivity index (χ1) is 12.1. The summed E-state index contributed by atoms with van der Waals surface area (Å²) in [5.41, 5.74) is 5.48. The van der Waals surface area contributed by atoms with Gasteiger partial charge < -0.3 is 26.4 Å². The first-order valence-electron chi connectivity index (χ1n) is 8.60. The van der Waals surface area contributed by atoms with Crippen LogP contribution in [0.4, 0.5) is 0 Å². The Labute approximate surface area is 158 Å². The van der Waals surface area contributed by atoms with Crippen LogP contribution in [0.2, 0.25) is 0 Å². The van der Waals surface area contributed by atoms with E-state index in [4.69, 9.17) is 5.73 Å². The minimum atomic E-state index is -1.05. The van der Waals surface area contributed by atoms with Gasteiger partial charge in [-0.3, -0.25) is 14.4 Å². The topological polar surface area (TPSA) is 142 Å². The molecule has 0 saturated carbocycles. The van der Waals surface area contributed by atoms with E-state index < -0.39 is 47.9 Å². The smallest absolute Gasteiger partial charge is 0.326 e. The molecule has 26 heavy (non-hydrogen) atoms. The lowest BCUT2D eigenvalue weighted by molar-refractivity contribution is -0.150. The summed E-state index contributed by atoms with van der Waals surface area (Å²) in [7, 11) is 0. The predicted octanol–water partition coefficient (Wildman–Crippen LogP) is -1.04. The molecule has 0 aromatic rings. The number of carbonyl (C=O) groups excluding carboxylic acids is 3. The molecule has 0 aromatic carbocycles. The Morgan fingerprint density at radius 1 is 1.19 bits per heavy atom. The number of amides is 3. The first-order valence-corrected chi connectivity index (χ1v) is 9.23. The summed E-state index contributed by atoms with van der Waals surface area (Å²) < 4.78 is 0. The third kappa shape index (κ3) is 5.60. The lowest BCUT2D eigenvalue weighted by Crippen LogP contribution is -2.58. The second-order valence-corrected chi connectivity index (χ2v) is 7.16. The molecule has 1 aliphatic heterocycles. The molecular weight excluding hydrogens is 360 g/mol. The normalized spacial score (nSPS) is 20.4. The maximum Gasteiger partial charge on any atom is 0.326 e. The van der Waals surface area contributed by atoms with E-state index in [0.29, 0.717) is 19.4 Å². The predicted molar refractivity (Wildman–Crippen MR) is 98.6 cm³/mol. The van der Waals surface area contributed by atoms with Gasteiger partial charge in [0.25, 0.3) is 0 Å². The molecule has 1 saturated heterocycles. The van der Waals surface area contributed by atoms with Crippen molar-refractivity contribution in [1.82, 2.24) is 15.5 Å². The summed E-state index contributed by atoms with van der Waals surface area (Å²) in [6, 6.07) is -3.50. The van der Waals surface area contributed by atoms with Crippen LogP contribution in [0.3, 0.4) is 0 Å². The van der Waals surface area contributed by atoms with Gasteiger partial charge in [-0.15, -0.1) is 0 Å². The molecule has 3 amide bonds. The van der Waals surface area contributed by atoms with Gasteiger partial charge in [-0.2, -0.15) is 12.6 Å². The Morgan fingerprint density at radius 3 is 2.27 bits per heavy atom. The number of carbonyl (C=O) groups is 4. The fourth-order valence-corrected chi connectivity index (χ4v) is 2.99. The second-order valence-electron chi connectivity index (χ2n) is 6.79. The van der Waals surface area contributed by atoms with Crippen LogP contribution in [-0.4, -0.2) is 70.2 Å². The first kappa shape index (κ1) is 22.2. The van der Waals surface area contributed by atoms with E-state index in [-0.39, 0.29) is 11.7 Å². The maximum atomic E-state index is 12.8. The molecule has 148 valence electrons. The highest BCUT2D eigenvalue weighted by Gasteiger charge is 2.39. The Hall–Kier alpha value is -1.81. The molecule has 0 radical (unpaired) electrons. The minimum Gasteiger partial charge on any atom is -0.480 e. The van der Waals surface area contributed by atoms with Crippen molar-refractivity contribution in [3.8, 4) is 0 Å². The molecule has 10 heteroatoms. The van der Waals surface area contributed by atoms with Gasteiger partial charge in [0.05, 0.1) is 6.04 Å². The van der Waals surface area contributed by atoms with Gasteiger partial charge in [0.2, 0.25) is 17.7 Å². The number of thiol groups is 1. The molecule has 1 heterocycles. The lowest BCUT2D eigenvalue weighted by atomic mass is 10.0. The number of aliphatic carboxylic acids is 1. The Bertz CT molecular complexity index is 555. The van der Waals surface area contributed by atoms with Crippen molar-refractivity contribution in [2.45, 2.75) is 57.8 Å². The van der Waals surface area contributed by atoms with Gasteiger partial charge >= 0.3 is 5.97 Å². The zero-order valence-electron chi connectivity index (χ0n) is 15.3. The molecule has 0 aliphatic carbocycles. The minimum absolute atomic E-state index is 0.0325. The average molecular weight is 388 g/mol. The van der Waals surface area contributed by atoms with Crippen molar-refractivity contribution in [2.24, 2.45) is 11.7 Å². The zero-order chi connectivity index (χ0) is 20.0. The highest BCUT2D eigenvalue weighted by Crippen LogP contribution is 2.20.